The number of oxazole rings is 1. The molecule has 0 amide bonds. The lowest BCUT2D eigenvalue weighted by Crippen LogP contribution is -2.18. The second-order valence-corrected chi connectivity index (χ2v) is 5.68. The molecule has 0 aliphatic rings. The standard InChI is InChI=1S/C14H21N5O/c1-5-9-7-17-12(20-9)8-16-11-6-10(15)18-13(19-11)14(2,3)4/h6-7H,5,8H2,1-4H3,(H3,15,16,18,19). The molecule has 6 heteroatoms. The van der Waals surface area contributed by atoms with Crippen LogP contribution >= 0.6 is 0 Å². The summed E-state index contributed by atoms with van der Waals surface area (Å²) in [5.41, 5.74) is 5.67. The van der Waals surface area contributed by atoms with Crippen molar-refractivity contribution in [3.05, 3.63) is 29.7 Å². The minimum absolute atomic E-state index is 0.149. The fourth-order valence-corrected chi connectivity index (χ4v) is 1.65. The summed E-state index contributed by atoms with van der Waals surface area (Å²) in [6.45, 7) is 8.64. The van der Waals surface area contributed by atoms with Crippen LogP contribution in [0.15, 0.2) is 16.7 Å². The number of aryl methyl sites for hydroxylation is 1. The number of anilines is 2. The molecule has 0 aliphatic carbocycles. The summed E-state index contributed by atoms with van der Waals surface area (Å²) in [6, 6.07) is 1.71. The number of hydrogen-bond acceptors (Lipinski definition) is 6. The summed E-state index contributed by atoms with van der Waals surface area (Å²) >= 11 is 0. The van der Waals surface area contributed by atoms with Gasteiger partial charge in [0.1, 0.15) is 23.2 Å². The highest BCUT2D eigenvalue weighted by Crippen LogP contribution is 2.21. The van der Waals surface area contributed by atoms with Crippen LogP contribution in [0.1, 0.15) is 45.2 Å². The van der Waals surface area contributed by atoms with Crippen LogP contribution in [-0.2, 0) is 18.4 Å². The second kappa shape index (κ2) is 5.48. The molecule has 6 nitrogen and oxygen atoms in total. The van der Waals surface area contributed by atoms with E-state index < -0.39 is 0 Å². The van der Waals surface area contributed by atoms with Gasteiger partial charge >= 0.3 is 0 Å². The Balaban J connectivity index is 2.11. The van der Waals surface area contributed by atoms with Gasteiger partial charge in [0.05, 0.1) is 12.7 Å². The lowest BCUT2D eigenvalue weighted by atomic mass is 9.96. The number of nitrogens with zero attached hydrogens (tertiary/aromatic N) is 3. The number of nitrogen functional groups attached to an aromatic ring is 1. The molecule has 0 unspecified atom stereocenters. The molecule has 0 saturated heterocycles. The third kappa shape index (κ3) is 3.46. The molecule has 3 N–H and O–H groups in total. The van der Waals surface area contributed by atoms with Crippen LogP contribution in [0.3, 0.4) is 0 Å². The minimum Gasteiger partial charge on any atom is -0.444 e. The van der Waals surface area contributed by atoms with E-state index in [9.17, 15) is 0 Å². The molecule has 0 saturated carbocycles. The monoisotopic (exact) mass is 275 g/mol. The van der Waals surface area contributed by atoms with Crippen molar-refractivity contribution in [2.45, 2.75) is 46.1 Å². The molecule has 2 rings (SSSR count). The highest BCUT2D eigenvalue weighted by molar-refractivity contribution is 5.45. The lowest BCUT2D eigenvalue weighted by molar-refractivity contribution is 0.465. The first-order valence-electron chi connectivity index (χ1n) is 6.71. The van der Waals surface area contributed by atoms with E-state index in [1.54, 1.807) is 12.3 Å². The number of aromatic nitrogens is 3. The molecule has 0 atom stereocenters. The topological polar surface area (TPSA) is 89.9 Å². The van der Waals surface area contributed by atoms with Gasteiger partial charge in [-0.05, 0) is 0 Å². The summed E-state index contributed by atoms with van der Waals surface area (Å²) in [5, 5.41) is 3.16. The smallest absolute Gasteiger partial charge is 0.213 e. The molecule has 0 spiro atoms. The van der Waals surface area contributed by atoms with Crippen LogP contribution < -0.4 is 11.1 Å². The first kappa shape index (κ1) is 14.3. The summed E-state index contributed by atoms with van der Waals surface area (Å²) in [4.78, 5) is 12.9. The number of nitrogens with one attached hydrogen (secondary N) is 1. The van der Waals surface area contributed by atoms with Gasteiger partial charge in [0.25, 0.3) is 0 Å². The average Bonchev–Trinajstić information content (AvgIpc) is 2.82. The predicted octanol–water partition coefficient (Wildman–Crippen LogP) is 2.52. The molecule has 2 aromatic heterocycles. The Hall–Kier alpha value is -2.11. The van der Waals surface area contributed by atoms with Gasteiger partial charge in [-0.2, -0.15) is 0 Å². The van der Waals surface area contributed by atoms with E-state index in [1.165, 1.54) is 0 Å². The molecule has 2 heterocycles. The first-order chi connectivity index (χ1) is 9.38. The molecular weight excluding hydrogens is 254 g/mol. The molecule has 0 fully saturated rings. The van der Waals surface area contributed by atoms with Crippen molar-refractivity contribution < 1.29 is 4.42 Å². The summed E-state index contributed by atoms with van der Waals surface area (Å²) in [7, 11) is 0. The molecule has 0 aliphatic heterocycles. The third-order valence-electron chi connectivity index (χ3n) is 2.79. The number of rotatable bonds is 4. The van der Waals surface area contributed by atoms with Crippen LogP contribution in [0.5, 0.6) is 0 Å². The SMILES string of the molecule is CCc1cnc(CNc2cc(N)nc(C(C)(C)C)n2)o1. The zero-order chi connectivity index (χ0) is 14.8. The van der Waals surface area contributed by atoms with Crippen LogP contribution in [0.2, 0.25) is 0 Å². The van der Waals surface area contributed by atoms with Gasteiger partial charge in [-0.1, -0.05) is 27.7 Å². The minimum atomic E-state index is -0.149. The highest BCUT2D eigenvalue weighted by Gasteiger charge is 2.18. The van der Waals surface area contributed by atoms with Crippen LogP contribution in [-0.4, -0.2) is 15.0 Å². The summed E-state index contributed by atoms with van der Waals surface area (Å²) in [5.74, 6) is 3.35. The Kier molecular flexibility index (Phi) is 3.92. The fraction of sp³-hybridized carbons (Fsp3) is 0.500. The quantitative estimate of drug-likeness (QED) is 0.891. The van der Waals surface area contributed by atoms with Crippen molar-refractivity contribution in [2.75, 3.05) is 11.1 Å². The third-order valence-corrected chi connectivity index (χ3v) is 2.79. The van der Waals surface area contributed by atoms with E-state index >= 15 is 0 Å². The average molecular weight is 275 g/mol. The second-order valence-electron chi connectivity index (χ2n) is 5.68. The van der Waals surface area contributed by atoms with Crippen molar-refractivity contribution in [3.8, 4) is 0 Å². The summed E-state index contributed by atoms with van der Waals surface area (Å²) in [6.07, 6.45) is 2.58. The number of nitrogens with two attached hydrogens (primary N) is 1. The van der Waals surface area contributed by atoms with E-state index in [4.69, 9.17) is 10.2 Å². The maximum absolute atomic E-state index is 5.82. The molecule has 2 aromatic rings. The molecule has 0 radical (unpaired) electrons. The van der Waals surface area contributed by atoms with Crippen LogP contribution in [0.4, 0.5) is 11.6 Å². The van der Waals surface area contributed by atoms with Crippen molar-refractivity contribution in [3.63, 3.8) is 0 Å². The van der Waals surface area contributed by atoms with Crippen molar-refractivity contribution in [2.24, 2.45) is 0 Å². The van der Waals surface area contributed by atoms with Crippen LogP contribution in [0, 0.1) is 0 Å². The Morgan fingerprint density at radius 1 is 1.30 bits per heavy atom. The fourth-order valence-electron chi connectivity index (χ4n) is 1.65. The molecule has 0 bridgehead atoms. The first-order valence-corrected chi connectivity index (χ1v) is 6.71. The largest absolute Gasteiger partial charge is 0.444 e. The van der Waals surface area contributed by atoms with Crippen molar-refractivity contribution in [1.29, 1.82) is 0 Å². The van der Waals surface area contributed by atoms with Gasteiger partial charge in [-0.15, -0.1) is 0 Å². The van der Waals surface area contributed by atoms with Gasteiger partial charge in [0.15, 0.2) is 0 Å². The van der Waals surface area contributed by atoms with Gasteiger partial charge < -0.3 is 15.5 Å². The van der Waals surface area contributed by atoms with Crippen molar-refractivity contribution in [1.82, 2.24) is 15.0 Å². The van der Waals surface area contributed by atoms with Gasteiger partial charge in [0.2, 0.25) is 5.89 Å². The van der Waals surface area contributed by atoms with E-state index in [-0.39, 0.29) is 5.41 Å². The Bertz CT molecular complexity index is 585. The highest BCUT2D eigenvalue weighted by atomic mass is 16.4. The zero-order valence-electron chi connectivity index (χ0n) is 12.4. The van der Waals surface area contributed by atoms with Crippen LogP contribution in [0.25, 0.3) is 0 Å². The zero-order valence-corrected chi connectivity index (χ0v) is 12.4. The molecule has 108 valence electrons. The van der Waals surface area contributed by atoms with Gasteiger partial charge in [0, 0.05) is 17.9 Å². The molecular formula is C14H21N5O. The van der Waals surface area contributed by atoms with Crippen molar-refractivity contribution >= 4 is 11.6 Å². The van der Waals surface area contributed by atoms with E-state index in [1.807, 2.05) is 27.7 Å². The summed E-state index contributed by atoms with van der Waals surface area (Å²) < 4.78 is 5.53. The van der Waals surface area contributed by atoms with E-state index in [0.29, 0.717) is 29.9 Å². The van der Waals surface area contributed by atoms with Gasteiger partial charge in [-0.3, -0.25) is 0 Å². The van der Waals surface area contributed by atoms with Gasteiger partial charge in [-0.25, -0.2) is 15.0 Å². The Morgan fingerprint density at radius 3 is 2.65 bits per heavy atom. The Labute approximate surface area is 118 Å². The molecule has 0 aromatic carbocycles. The molecule has 20 heavy (non-hydrogen) atoms. The van der Waals surface area contributed by atoms with E-state index in [2.05, 4.69) is 20.3 Å². The maximum Gasteiger partial charge on any atom is 0.213 e. The van der Waals surface area contributed by atoms with E-state index in [0.717, 1.165) is 12.2 Å². The lowest BCUT2D eigenvalue weighted by Gasteiger charge is -2.17. The normalized spacial score (nSPS) is 11.6. The Morgan fingerprint density at radius 2 is 2.05 bits per heavy atom. The predicted molar refractivity (Wildman–Crippen MR) is 78.4 cm³/mol. The maximum atomic E-state index is 5.82. The number of hydrogen-bond donors (Lipinski definition) is 2.